The Bertz CT molecular complexity index is 718. The van der Waals surface area contributed by atoms with E-state index in [1.165, 1.54) is 27.4 Å². The molecule has 0 aliphatic heterocycles. The molecule has 24 heavy (non-hydrogen) atoms. The van der Waals surface area contributed by atoms with Gasteiger partial charge in [-0.3, -0.25) is 4.79 Å². The van der Waals surface area contributed by atoms with Gasteiger partial charge in [0.15, 0.2) is 11.5 Å². The summed E-state index contributed by atoms with van der Waals surface area (Å²) in [7, 11) is 4.47. The molecule has 1 amide bonds. The lowest BCUT2D eigenvalue weighted by Gasteiger charge is -2.14. The van der Waals surface area contributed by atoms with Gasteiger partial charge < -0.3 is 19.5 Å². The molecule has 0 unspecified atom stereocenters. The first-order valence-electron chi connectivity index (χ1n) is 7.42. The molecule has 128 valence electrons. The first-order chi connectivity index (χ1) is 11.6. The maximum absolute atomic E-state index is 13.6. The van der Waals surface area contributed by atoms with E-state index < -0.39 is 0 Å². The highest BCUT2D eigenvalue weighted by Gasteiger charge is 2.17. The summed E-state index contributed by atoms with van der Waals surface area (Å²) >= 11 is 0. The number of amides is 1. The van der Waals surface area contributed by atoms with Gasteiger partial charge in [-0.1, -0.05) is 18.2 Å². The molecule has 0 atom stereocenters. The lowest BCUT2D eigenvalue weighted by atomic mass is 10.1. The summed E-state index contributed by atoms with van der Waals surface area (Å²) < 4.78 is 29.2. The number of rotatable bonds is 7. The van der Waals surface area contributed by atoms with Gasteiger partial charge >= 0.3 is 0 Å². The number of halogens is 1. The molecule has 0 saturated carbocycles. The van der Waals surface area contributed by atoms with Crippen LogP contribution in [0.3, 0.4) is 0 Å². The number of hydrogen-bond donors (Lipinski definition) is 1. The zero-order chi connectivity index (χ0) is 17.5. The normalized spacial score (nSPS) is 10.2. The molecule has 0 heterocycles. The quantitative estimate of drug-likeness (QED) is 0.846. The van der Waals surface area contributed by atoms with Crippen LogP contribution in [0.2, 0.25) is 0 Å². The maximum atomic E-state index is 13.6. The van der Waals surface area contributed by atoms with Crippen molar-refractivity contribution < 1.29 is 23.4 Å². The summed E-state index contributed by atoms with van der Waals surface area (Å²) in [5.74, 6) is 0.658. The summed E-state index contributed by atoms with van der Waals surface area (Å²) in [6, 6.07) is 9.62. The number of carbonyl (C=O) groups is 1. The van der Waals surface area contributed by atoms with Crippen LogP contribution in [0.15, 0.2) is 36.4 Å². The second-order valence-corrected chi connectivity index (χ2v) is 5.00. The van der Waals surface area contributed by atoms with E-state index in [2.05, 4.69) is 5.32 Å². The van der Waals surface area contributed by atoms with Gasteiger partial charge in [0.1, 0.15) is 11.6 Å². The van der Waals surface area contributed by atoms with Crippen molar-refractivity contribution in [3.63, 3.8) is 0 Å². The molecule has 1 N–H and O–H groups in total. The Morgan fingerprint density at radius 2 is 1.62 bits per heavy atom. The molecule has 0 spiro atoms. The fraction of sp³-hybridized carbons (Fsp3) is 0.278. The zero-order valence-electron chi connectivity index (χ0n) is 13.9. The summed E-state index contributed by atoms with van der Waals surface area (Å²) in [4.78, 5) is 12.4. The standard InChI is InChI=1S/C18H20FNO4/c1-22-15-11-17(24-3)16(23-2)10-13(15)18(21)20-9-8-12-6-4-5-7-14(12)19/h4-7,10-11H,8-9H2,1-3H3,(H,20,21). The number of ether oxygens (including phenoxy) is 3. The molecule has 2 aromatic carbocycles. The van der Waals surface area contributed by atoms with Crippen LogP contribution < -0.4 is 19.5 Å². The third-order valence-electron chi connectivity index (χ3n) is 3.59. The Balaban J connectivity index is 2.10. The second kappa shape index (κ2) is 8.19. The fourth-order valence-electron chi connectivity index (χ4n) is 2.31. The van der Waals surface area contributed by atoms with Crippen LogP contribution >= 0.6 is 0 Å². The molecule has 0 radical (unpaired) electrons. The molecule has 0 aliphatic carbocycles. The maximum Gasteiger partial charge on any atom is 0.255 e. The Morgan fingerprint density at radius 3 is 2.25 bits per heavy atom. The van der Waals surface area contributed by atoms with Crippen LogP contribution in [0, 0.1) is 5.82 Å². The number of carbonyl (C=O) groups excluding carboxylic acids is 1. The van der Waals surface area contributed by atoms with Crippen LogP contribution in [0.5, 0.6) is 17.2 Å². The first-order valence-corrected chi connectivity index (χ1v) is 7.42. The number of nitrogens with one attached hydrogen (secondary N) is 1. The van der Waals surface area contributed by atoms with Crippen LogP contribution in [0.4, 0.5) is 4.39 Å². The minimum Gasteiger partial charge on any atom is -0.496 e. The molecule has 2 aromatic rings. The van der Waals surface area contributed by atoms with Crippen LogP contribution in [0.25, 0.3) is 0 Å². The van der Waals surface area contributed by atoms with E-state index in [9.17, 15) is 9.18 Å². The molecule has 0 bridgehead atoms. The van der Waals surface area contributed by atoms with Crippen molar-refractivity contribution in [1.82, 2.24) is 5.32 Å². The van der Waals surface area contributed by atoms with Crippen molar-refractivity contribution in [3.8, 4) is 17.2 Å². The van der Waals surface area contributed by atoms with Gasteiger partial charge in [0.2, 0.25) is 0 Å². The molecular formula is C18H20FNO4. The Labute approximate surface area is 140 Å². The average molecular weight is 333 g/mol. The smallest absolute Gasteiger partial charge is 0.255 e. The molecular weight excluding hydrogens is 313 g/mol. The van der Waals surface area contributed by atoms with Gasteiger partial charge in [-0.2, -0.15) is 0 Å². The number of methoxy groups -OCH3 is 3. The van der Waals surface area contributed by atoms with Crippen LogP contribution in [-0.4, -0.2) is 33.8 Å². The third-order valence-corrected chi connectivity index (χ3v) is 3.59. The topological polar surface area (TPSA) is 56.8 Å². The van der Waals surface area contributed by atoms with Gasteiger partial charge in [-0.25, -0.2) is 4.39 Å². The lowest BCUT2D eigenvalue weighted by molar-refractivity contribution is 0.0950. The van der Waals surface area contributed by atoms with Gasteiger partial charge in [0.25, 0.3) is 5.91 Å². The van der Waals surface area contributed by atoms with E-state index in [0.717, 1.165) is 0 Å². The van der Waals surface area contributed by atoms with Gasteiger partial charge in [-0.05, 0) is 18.1 Å². The third kappa shape index (κ3) is 3.95. The minimum atomic E-state index is -0.329. The van der Waals surface area contributed by atoms with E-state index in [1.807, 2.05) is 0 Å². The van der Waals surface area contributed by atoms with Crippen molar-refractivity contribution in [2.75, 3.05) is 27.9 Å². The molecule has 0 fully saturated rings. The SMILES string of the molecule is COc1cc(OC)c(C(=O)NCCc2ccccc2F)cc1OC. The van der Waals surface area contributed by atoms with E-state index in [0.29, 0.717) is 41.3 Å². The van der Waals surface area contributed by atoms with E-state index in [4.69, 9.17) is 14.2 Å². The number of hydrogen-bond acceptors (Lipinski definition) is 4. The summed E-state index contributed by atoms with van der Waals surface area (Å²) in [5.41, 5.74) is 0.876. The van der Waals surface area contributed by atoms with E-state index in [1.54, 1.807) is 30.3 Å². The lowest BCUT2D eigenvalue weighted by Crippen LogP contribution is -2.26. The van der Waals surface area contributed by atoms with Gasteiger partial charge in [-0.15, -0.1) is 0 Å². The molecule has 0 saturated heterocycles. The van der Waals surface area contributed by atoms with Crippen molar-refractivity contribution in [2.45, 2.75) is 6.42 Å². The largest absolute Gasteiger partial charge is 0.496 e. The highest BCUT2D eigenvalue weighted by Crippen LogP contribution is 2.34. The van der Waals surface area contributed by atoms with Crippen molar-refractivity contribution in [2.24, 2.45) is 0 Å². The first kappa shape index (κ1) is 17.6. The van der Waals surface area contributed by atoms with Crippen molar-refractivity contribution >= 4 is 5.91 Å². The predicted molar refractivity (Wildman–Crippen MR) is 88.5 cm³/mol. The minimum absolute atomic E-state index is 0.282. The molecule has 2 rings (SSSR count). The molecule has 6 heteroatoms. The van der Waals surface area contributed by atoms with Gasteiger partial charge in [0, 0.05) is 18.7 Å². The highest BCUT2D eigenvalue weighted by molar-refractivity contribution is 5.97. The van der Waals surface area contributed by atoms with Crippen molar-refractivity contribution in [3.05, 3.63) is 53.3 Å². The van der Waals surface area contributed by atoms with E-state index in [-0.39, 0.29) is 11.7 Å². The zero-order valence-corrected chi connectivity index (χ0v) is 13.9. The van der Waals surface area contributed by atoms with E-state index >= 15 is 0 Å². The van der Waals surface area contributed by atoms with Crippen molar-refractivity contribution in [1.29, 1.82) is 0 Å². The Morgan fingerprint density at radius 1 is 1.00 bits per heavy atom. The summed E-state index contributed by atoms with van der Waals surface area (Å²) in [5, 5.41) is 2.76. The molecule has 0 aromatic heterocycles. The summed E-state index contributed by atoms with van der Waals surface area (Å²) in [6.07, 6.45) is 0.397. The Hall–Kier alpha value is -2.76. The molecule has 5 nitrogen and oxygen atoms in total. The number of benzene rings is 2. The Kier molecular flexibility index (Phi) is 6.01. The average Bonchev–Trinajstić information content (AvgIpc) is 2.61. The summed E-state index contributed by atoms with van der Waals surface area (Å²) in [6.45, 7) is 0.303. The predicted octanol–water partition coefficient (Wildman–Crippen LogP) is 2.82. The highest BCUT2D eigenvalue weighted by atomic mass is 19.1. The monoisotopic (exact) mass is 333 g/mol. The van der Waals surface area contributed by atoms with Crippen LogP contribution in [0.1, 0.15) is 15.9 Å². The second-order valence-electron chi connectivity index (χ2n) is 5.00. The van der Waals surface area contributed by atoms with Crippen LogP contribution in [-0.2, 0) is 6.42 Å². The fourth-order valence-corrected chi connectivity index (χ4v) is 2.31. The van der Waals surface area contributed by atoms with Gasteiger partial charge in [0.05, 0.1) is 26.9 Å². The molecule has 0 aliphatic rings.